The zero-order valence-corrected chi connectivity index (χ0v) is 15.3. The first-order chi connectivity index (χ1) is 12.0. The second-order valence-corrected chi connectivity index (χ2v) is 6.59. The van der Waals surface area contributed by atoms with Crippen molar-refractivity contribution in [3.63, 3.8) is 0 Å². The number of aromatic nitrogens is 2. The highest BCUT2D eigenvalue weighted by molar-refractivity contribution is 6.01. The molecule has 2 amide bonds. The fourth-order valence-electron chi connectivity index (χ4n) is 3.09. The van der Waals surface area contributed by atoms with E-state index in [0.29, 0.717) is 5.69 Å². The molecule has 0 saturated carbocycles. The van der Waals surface area contributed by atoms with Crippen molar-refractivity contribution >= 4 is 23.4 Å². The number of nitrogens with one attached hydrogen (secondary N) is 2. The molecule has 1 aliphatic rings. The Hall–Kier alpha value is -2.63. The van der Waals surface area contributed by atoms with Gasteiger partial charge in [0, 0.05) is 18.8 Å². The Labute approximate surface area is 148 Å². The summed E-state index contributed by atoms with van der Waals surface area (Å²) in [5.74, 6) is 0.757. The second-order valence-electron chi connectivity index (χ2n) is 6.59. The first-order valence-electron chi connectivity index (χ1n) is 8.70. The summed E-state index contributed by atoms with van der Waals surface area (Å²) in [7, 11) is 0. The van der Waals surface area contributed by atoms with Crippen LogP contribution in [0.15, 0.2) is 18.2 Å². The molecule has 0 spiro atoms. The highest BCUT2D eigenvalue weighted by Gasteiger charge is 2.18. The maximum atomic E-state index is 12.4. The Bertz CT molecular complexity index is 773. The first kappa shape index (κ1) is 17.2. The predicted octanol–water partition coefficient (Wildman–Crippen LogP) is 3.95. The van der Waals surface area contributed by atoms with Crippen LogP contribution in [0.25, 0.3) is 0 Å². The van der Waals surface area contributed by atoms with Crippen LogP contribution in [0, 0.1) is 27.7 Å². The molecule has 25 heavy (non-hydrogen) atoms. The van der Waals surface area contributed by atoms with Crippen LogP contribution in [-0.4, -0.2) is 29.1 Å². The molecule has 3 rings (SSSR count). The van der Waals surface area contributed by atoms with E-state index in [1.165, 1.54) is 12.8 Å². The number of hydrogen-bond acceptors (Lipinski definition) is 4. The number of carbonyl (C=O) groups is 1. The average molecular weight is 339 g/mol. The molecule has 0 bridgehead atoms. The molecule has 6 heteroatoms. The van der Waals surface area contributed by atoms with Crippen molar-refractivity contribution < 1.29 is 4.79 Å². The molecule has 1 aliphatic heterocycles. The molecule has 2 aromatic rings. The quantitative estimate of drug-likeness (QED) is 0.888. The van der Waals surface area contributed by atoms with Gasteiger partial charge in [-0.3, -0.25) is 0 Å². The van der Waals surface area contributed by atoms with Gasteiger partial charge in [-0.15, -0.1) is 0 Å². The molecule has 6 nitrogen and oxygen atoms in total. The molecule has 1 fully saturated rings. The number of nitrogens with zero attached hydrogens (tertiary/aromatic N) is 3. The van der Waals surface area contributed by atoms with E-state index in [4.69, 9.17) is 0 Å². The van der Waals surface area contributed by atoms with Crippen LogP contribution in [0.1, 0.15) is 35.4 Å². The average Bonchev–Trinajstić information content (AvgIpc) is 3.09. The van der Waals surface area contributed by atoms with Crippen molar-refractivity contribution in [1.29, 1.82) is 0 Å². The normalized spacial score (nSPS) is 13.8. The Balaban J connectivity index is 1.75. The van der Waals surface area contributed by atoms with E-state index in [-0.39, 0.29) is 6.03 Å². The third-order valence-electron chi connectivity index (χ3n) is 4.74. The molecule has 1 aromatic carbocycles. The Morgan fingerprint density at radius 1 is 1.00 bits per heavy atom. The van der Waals surface area contributed by atoms with Gasteiger partial charge in [0.25, 0.3) is 0 Å². The van der Waals surface area contributed by atoms with E-state index in [0.717, 1.165) is 47.2 Å². The molecule has 0 unspecified atom stereocenters. The van der Waals surface area contributed by atoms with Crippen LogP contribution in [-0.2, 0) is 0 Å². The van der Waals surface area contributed by atoms with Crippen molar-refractivity contribution in [1.82, 2.24) is 9.97 Å². The van der Waals surface area contributed by atoms with Gasteiger partial charge in [0.05, 0.1) is 17.1 Å². The number of urea groups is 1. The molecular formula is C19H25N5O. The zero-order chi connectivity index (χ0) is 18.0. The Morgan fingerprint density at radius 2 is 1.64 bits per heavy atom. The summed E-state index contributed by atoms with van der Waals surface area (Å²) in [4.78, 5) is 23.8. The molecule has 2 N–H and O–H groups in total. The van der Waals surface area contributed by atoms with Crippen molar-refractivity contribution in [2.75, 3.05) is 28.6 Å². The highest BCUT2D eigenvalue weighted by atomic mass is 16.2. The summed E-state index contributed by atoms with van der Waals surface area (Å²) >= 11 is 0. The largest absolute Gasteiger partial charge is 0.341 e. The maximum Gasteiger partial charge on any atom is 0.323 e. The van der Waals surface area contributed by atoms with Crippen molar-refractivity contribution in [3.05, 3.63) is 40.7 Å². The van der Waals surface area contributed by atoms with Crippen LogP contribution >= 0.6 is 0 Å². The first-order valence-corrected chi connectivity index (χ1v) is 8.70. The molecular weight excluding hydrogens is 314 g/mol. The highest BCUT2D eigenvalue weighted by Crippen LogP contribution is 2.23. The van der Waals surface area contributed by atoms with Crippen LogP contribution in [0.4, 0.5) is 22.1 Å². The van der Waals surface area contributed by atoms with Crippen molar-refractivity contribution in [2.45, 2.75) is 40.5 Å². The molecule has 2 heterocycles. The Morgan fingerprint density at radius 3 is 2.28 bits per heavy atom. The van der Waals surface area contributed by atoms with Gasteiger partial charge in [0.2, 0.25) is 5.95 Å². The van der Waals surface area contributed by atoms with Gasteiger partial charge >= 0.3 is 6.03 Å². The fraction of sp³-hybridized carbons (Fsp3) is 0.421. The number of benzene rings is 1. The van der Waals surface area contributed by atoms with E-state index in [1.807, 2.05) is 45.9 Å². The van der Waals surface area contributed by atoms with Crippen LogP contribution in [0.3, 0.4) is 0 Å². The number of hydrogen-bond donors (Lipinski definition) is 2. The molecule has 1 saturated heterocycles. The van der Waals surface area contributed by atoms with Gasteiger partial charge in [0.15, 0.2) is 0 Å². The zero-order valence-electron chi connectivity index (χ0n) is 15.3. The van der Waals surface area contributed by atoms with Gasteiger partial charge in [0.1, 0.15) is 0 Å². The number of aryl methyl sites for hydroxylation is 3. The molecule has 1 aromatic heterocycles. The molecule has 0 atom stereocenters. The van der Waals surface area contributed by atoms with Gasteiger partial charge in [-0.1, -0.05) is 12.1 Å². The molecule has 0 aliphatic carbocycles. The van der Waals surface area contributed by atoms with Crippen LogP contribution in [0.5, 0.6) is 0 Å². The van der Waals surface area contributed by atoms with Gasteiger partial charge in [-0.05, 0) is 57.7 Å². The van der Waals surface area contributed by atoms with Gasteiger partial charge in [-0.25, -0.2) is 14.8 Å². The minimum atomic E-state index is -0.280. The lowest BCUT2D eigenvalue weighted by molar-refractivity contribution is 0.262. The van der Waals surface area contributed by atoms with Crippen LogP contribution in [0.2, 0.25) is 0 Å². The van der Waals surface area contributed by atoms with Crippen molar-refractivity contribution in [3.8, 4) is 0 Å². The SMILES string of the molecule is Cc1cccc(NC(=O)Nc2c(C)nc(N3CCCC3)nc2C)c1C. The number of anilines is 3. The number of amides is 2. The van der Waals surface area contributed by atoms with E-state index >= 15 is 0 Å². The minimum Gasteiger partial charge on any atom is -0.341 e. The Kier molecular flexibility index (Phi) is 4.88. The summed E-state index contributed by atoms with van der Waals surface area (Å²) in [6.07, 6.45) is 2.36. The fourth-order valence-corrected chi connectivity index (χ4v) is 3.09. The third kappa shape index (κ3) is 3.73. The minimum absolute atomic E-state index is 0.280. The smallest absolute Gasteiger partial charge is 0.323 e. The van der Waals surface area contributed by atoms with E-state index in [2.05, 4.69) is 25.5 Å². The van der Waals surface area contributed by atoms with Gasteiger partial charge < -0.3 is 15.5 Å². The molecule has 132 valence electrons. The standard InChI is InChI=1S/C19H25N5O/c1-12-8-7-9-16(13(12)2)22-19(25)23-17-14(3)20-18(21-15(17)4)24-10-5-6-11-24/h7-9H,5-6,10-11H2,1-4H3,(H2,22,23,25). The van der Waals surface area contributed by atoms with E-state index < -0.39 is 0 Å². The lowest BCUT2D eigenvalue weighted by Crippen LogP contribution is -2.24. The summed E-state index contributed by atoms with van der Waals surface area (Å²) in [6, 6.07) is 5.58. The summed E-state index contributed by atoms with van der Waals surface area (Å²) in [5.41, 5.74) is 5.25. The molecule has 0 radical (unpaired) electrons. The lowest BCUT2D eigenvalue weighted by Gasteiger charge is -2.19. The van der Waals surface area contributed by atoms with Gasteiger partial charge in [-0.2, -0.15) is 0 Å². The summed E-state index contributed by atoms with van der Waals surface area (Å²) < 4.78 is 0. The summed E-state index contributed by atoms with van der Waals surface area (Å²) in [5, 5.41) is 5.81. The third-order valence-corrected chi connectivity index (χ3v) is 4.74. The van der Waals surface area contributed by atoms with E-state index in [1.54, 1.807) is 0 Å². The maximum absolute atomic E-state index is 12.4. The topological polar surface area (TPSA) is 70.2 Å². The van der Waals surface area contributed by atoms with E-state index in [9.17, 15) is 4.79 Å². The summed E-state index contributed by atoms with van der Waals surface area (Å²) in [6.45, 7) is 9.83. The number of carbonyl (C=O) groups excluding carboxylic acids is 1. The predicted molar refractivity (Wildman–Crippen MR) is 102 cm³/mol. The number of rotatable bonds is 3. The second kappa shape index (κ2) is 7.09. The monoisotopic (exact) mass is 339 g/mol. The van der Waals surface area contributed by atoms with Crippen LogP contribution < -0.4 is 15.5 Å². The lowest BCUT2D eigenvalue weighted by atomic mass is 10.1. The van der Waals surface area contributed by atoms with Crippen molar-refractivity contribution in [2.24, 2.45) is 0 Å².